The molecule has 2 N–H and O–H groups in total. The molecule has 0 spiro atoms. The molecule has 4 heteroatoms. The molecule has 1 fully saturated rings. The van der Waals surface area contributed by atoms with E-state index in [0.717, 1.165) is 24.8 Å². The maximum atomic E-state index is 12.3. The number of hydrogen-bond donors (Lipinski definition) is 2. The lowest BCUT2D eigenvalue weighted by Crippen LogP contribution is -2.55. The summed E-state index contributed by atoms with van der Waals surface area (Å²) < 4.78 is 0. The lowest BCUT2D eigenvalue weighted by Gasteiger charge is -2.42. The van der Waals surface area contributed by atoms with Gasteiger partial charge in [0.15, 0.2) is 0 Å². The highest BCUT2D eigenvalue weighted by Crippen LogP contribution is 2.36. The molecule has 0 unspecified atom stereocenters. The van der Waals surface area contributed by atoms with Crippen LogP contribution in [0.5, 0.6) is 0 Å². The van der Waals surface area contributed by atoms with Crippen LogP contribution in [0.2, 0.25) is 0 Å². The summed E-state index contributed by atoms with van der Waals surface area (Å²) >= 11 is 0. The summed E-state index contributed by atoms with van der Waals surface area (Å²) in [6.07, 6.45) is 2.88. The first kappa shape index (κ1) is 15.5. The van der Waals surface area contributed by atoms with Crippen LogP contribution in [0.4, 0.5) is 0 Å². The number of aliphatic carboxylic acids is 1. The van der Waals surface area contributed by atoms with Gasteiger partial charge in [-0.1, -0.05) is 44.2 Å². The van der Waals surface area contributed by atoms with Crippen molar-refractivity contribution >= 4 is 11.9 Å². The van der Waals surface area contributed by atoms with Crippen molar-refractivity contribution in [3.05, 3.63) is 35.9 Å². The Bertz CT molecular complexity index is 518. The molecule has 0 aromatic heterocycles. The van der Waals surface area contributed by atoms with Gasteiger partial charge >= 0.3 is 5.97 Å². The quantitative estimate of drug-likeness (QED) is 0.846. The molecule has 0 bridgehead atoms. The minimum absolute atomic E-state index is 0.0184. The molecule has 1 aliphatic rings. The zero-order chi connectivity index (χ0) is 15.5. The number of carboxylic acids is 1. The Kier molecular flexibility index (Phi) is 4.35. The van der Waals surface area contributed by atoms with E-state index >= 15 is 0 Å². The van der Waals surface area contributed by atoms with Crippen LogP contribution in [0.1, 0.15) is 51.5 Å². The van der Waals surface area contributed by atoms with E-state index in [-0.39, 0.29) is 17.7 Å². The van der Waals surface area contributed by atoms with Crippen LogP contribution >= 0.6 is 0 Å². The minimum atomic E-state index is -0.850. The molecule has 1 amide bonds. The van der Waals surface area contributed by atoms with Crippen molar-refractivity contribution in [2.45, 2.75) is 56.9 Å². The van der Waals surface area contributed by atoms with Crippen molar-refractivity contribution in [2.24, 2.45) is 0 Å². The van der Waals surface area contributed by atoms with Gasteiger partial charge in [-0.05, 0) is 30.2 Å². The van der Waals surface area contributed by atoms with Gasteiger partial charge in [0.05, 0.1) is 12.0 Å². The Labute approximate surface area is 125 Å². The second-order valence-electron chi connectivity index (χ2n) is 6.68. The fourth-order valence-corrected chi connectivity index (χ4v) is 2.97. The Morgan fingerprint density at radius 3 is 2.33 bits per heavy atom. The summed E-state index contributed by atoms with van der Waals surface area (Å²) in [5.41, 5.74) is 0.330. The third kappa shape index (κ3) is 3.84. The number of benzene rings is 1. The van der Waals surface area contributed by atoms with Crippen LogP contribution in [0.3, 0.4) is 0 Å². The Balaban J connectivity index is 1.99. The van der Waals surface area contributed by atoms with Gasteiger partial charge < -0.3 is 10.4 Å². The topological polar surface area (TPSA) is 66.4 Å². The second kappa shape index (κ2) is 5.88. The molecule has 0 radical (unpaired) electrons. The fourth-order valence-electron chi connectivity index (χ4n) is 2.97. The highest BCUT2D eigenvalue weighted by molar-refractivity contribution is 5.80. The zero-order valence-electron chi connectivity index (χ0n) is 12.7. The van der Waals surface area contributed by atoms with Crippen molar-refractivity contribution in [1.82, 2.24) is 5.32 Å². The number of hydrogen-bond acceptors (Lipinski definition) is 2. The second-order valence-corrected chi connectivity index (χ2v) is 6.68. The van der Waals surface area contributed by atoms with Crippen molar-refractivity contribution < 1.29 is 14.7 Å². The van der Waals surface area contributed by atoms with Crippen LogP contribution in [-0.4, -0.2) is 22.5 Å². The summed E-state index contributed by atoms with van der Waals surface area (Å²) in [6, 6.07) is 9.92. The average molecular weight is 289 g/mol. The Morgan fingerprint density at radius 2 is 1.86 bits per heavy atom. The van der Waals surface area contributed by atoms with E-state index in [2.05, 4.69) is 5.32 Å². The van der Waals surface area contributed by atoms with Crippen LogP contribution in [0, 0.1) is 0 Å². The lowest BCUT2D eigenvalue weighted by molar-refractivity contribution is -0.140. The number of rotatable bonds is 6. The molecular formula is C17H23NO3. The maximum Gasteiger partial charge on any atom is 0.305 e. The van der Waals surface area contributed by atoms with Gasteiger partial charge in [-0.15, -0.1) is 0 Å². The normalized spacial score (nSPS) is 16.9. The Hall–Kier alpha value is -1.84. The summed E-state index contributed by atoms with van der Waals surface area (Å²) in [7, 11) is 0. The molecular weight excluding hydrogens is 266 g/mol. The van der Waals surface area contributed by atoms with Gasteiger partial charge in [0, 0.05) is 6.42 Å². The van der Waals surface area contributed by atoms with Crippen LogP contribution < -0.4 is 5.32 Å². The molecule has 4 nitrogen and oxygen atoms in total. The summed E-state index contributed by atoms with van der Waals surface area (Å²) in [4.78, 5) is 23.3. The van der Waals surface area contributed by atoms with E-state index in [1.165, 1.54) is 0 Å². The van der Waals surface area contributed by atoms with E-state index in [1.807, 2.05) is 44.2 Å². The van der Waals surface area contributed by atoms with Crippen molar-refractivity contribution in [1.29, 1.82) is 0 Å². The van der Waals surface area contributed by atoms with Crippen LogP contribution in [-0.2, 0) is 15.0 Å². The lowest BCUT2D eigenvalue weighted by atomic mass is 9.73. The van der Waals surface area contributed by atoms with Gasteiger partial charge in [-0.3, -0.25) is 9.59 Å². The van der Waals surface area contributed by atoms with E-state index in [9.17, 15) is 9.59 Å². The van der Waals surface area contributed by atoms with Crippen molar-refractivity contribution in [2.75, 3.05) is 0 Å². The molecule has 1 aromatic rings. The van der Waals surface area contributed by atoms with Crippen LogP contribution in [0.15, 0.2) is 30.3 Å². The predicted octanol–water partition coefficient (Wildman–Crippen LogP) is 2.87. The monoisotopic (exact) mass is 289 g/mol. The highest BCUT2D eigenvalue weighted by Gasteiger charge is 2.41. The zero-order valence-corrected chi connectivity index (χ0v) is 12.7. The average Bonchev–Trinajstić information content (AvgIpc) is 2.36. The number of nitrogens with one attached hydrogen (secondary N) is 1. The van der Waals surface area contributed by atoms with Gasteiger partial charge in [0.1, 0.15) is 0 Å². The van der Waals surface area contributed by atoms with E-state index in [4.69, 9.17) is 5.11 Å². The molecule has 1 saturated carbocycles. The summed E-state index contributed by atoms with van der Waals surface area (Å²) in [6.45, 7) is 4.07. The largest absolute Gasteiger partial charge is 0.481 e. The molecule has 114 valence electrons. The smallest absolute Gasteiger partial charge is 0.305 e. The number of amides is 1. The van der Waals surface area contributed by atoms with E-state index in [0.29, 0.717) is 6.42 Å². The molecule has 0 atom stereocenters. The fraction of sp³-hybridized carbons (Fsp3) is 0.529. The molecule has 21 heavy (non-hydrogen) atoms. The summed E-state index contributed by atoms with van der Waals surface area (Å²) in [5.74, 6) is -0.915. The van der Waals surface area contributed by atoms with Gasteiger partial charge in [-0.2, -0.15) is 0 Å². The van der Waals surface area contributed by atoms with Crippen molar-refractivity contribution in [3.63, 3.8) is 0 Å². The number of carbonyl (C=O) groups excluding carboxylic acids is 1. The molecule has 2 rings (SSSR count). The van der Waals surface area contributed by atoms with Crippen LogP contribution in [0.25, 0.3) is 0 Å². The first-order valence-corrected chi connectivity index (χ1v) is 7.41. The first-order chi connectivity index (χ1) is 9.83. The molecule has 0 heterocycles. The standard InChI is InChI=1S/C17H23NO3/c1-16(2,13-7-4-3-5-8-13)11-14(19)18-17(9-6-10-17)12-15(20)21/h3-5,7-8H,6,9-12H2,1-2H3,(H,18,19)(H,20,21). The van der Waals surface area contributed by atoms with E-state index < -0.39 is 11.5 Å². The van der Waals surface area contributed by atoms with Gasteiger partial charge in [0.25, 0.3) is 0 Å². The SMILES string of the molecule is CC(C)(CC(=O)NC1(CC(=O)O)CCC1)c1ccccc1. The first-order valence-electron chi connectivity index (χ1n) is 7.41. The number of carboxylic acid groups (broad SMARTS) is 1. The highest BCUT2D eigenvalue weighted by atomic mass is 16.4. The maximum absolute atomic E-state index is 12.3. The van der Waals surface area contributed by atoms with Gasteiger partial charge in [-0.25, -0.2) is 0 Å². The molecule has 1 aromatic carbocycles. The van der Waals surface area contributed by atoms with Gasteiger partial charge in [0.2, 0.25) is 5.91 Å². The molecule has 1 aliphatic carbocycles. The molecule has 0 saturated heterocycles. The van der Waals surface area contributed by atoms with Crippen molar-refractivity contribution in [3.8, 4) is 0 Å². The molecule has 0 aliphatic heterocycles. The third-order valence-electron chi connectivity index (χ3n) is 4.36. The third-order valence-corrected chi connectivity index (χ3v) is 4.36. The minimum Gasteiger partial charge on any atom is -0.481 e. The predicted molar refractivity (Wildman–Crippen MR) is 81.1 cm³/mol. The Morgan fingerprint density at radius 1 is 1.24 bits per heavy atom. The van der Waals surface area contributed by atoms with E-state index in [1.54, 1.807) is 0 Å². The number of carbonyl (C=O) groups is 2. The summed E-state index contributed by atoms with van der Waals surface area (Å²) in [5, 5.41) is 12.0.